The third-order valence-corrected chi connectivity index (χ3v) is 6.07. The summed E-state index contributed by atoms with van der Waals surface area (Å²) in [7, 11) is 0. The maximum absolute atomic E-state index is 12.6. The maximum Gasteiger partial charge on any atom is 0.242 e. The molecule has 4 atom stereocenters. The van der Waals surface area contributed by atoms with Gasteiger partial charge in [-0.15, -0.1) is 0 Å². The molecule has 0 aromatic carbocycles. The van der Waals surface area contributed by atoms with Crippen molar-refractivity contribution in [2.45, 2.75) is 44.4 Å². The molecule has 4 aliphatic heterocycles. The van der Waals surface area contributed by atoms with Crippen LogP contribution in [0, 0.1) is 10.8 Å². The summed E-state index contributed by atoms with van der Waals surface area (Å²) in [6.45, 7) is 5.68. The summed E-state index contributed by atoms with van der Waals surface area (Å²) in [4.78, 5) is 14.7. The van der Waals surface area contributed by atoms with Crippen molar-refractivity contribution in [2.24, 2.45) is 10.8 Å². The Kier molecular flexibility index (Phi) is 4.08. The second-order valence-corrected chi connectivity index (χ2v) is 8.17. The van der Waals surface area contributed by atoms with Crippen LogP contribution in [0.25, 0.3) is 0 Å². The van der Waals surface area contributed by atoms with Crippen LogP contribution in [-0.2, 0) is 4.79 Å². The molecule has 4 heterocycles. The number of nitrogens with one attached hydrogen (secondary N) is 2. The fourth-order valence-electron chi connectivity index (χ4n) is 5.25. The van der Waals surface area contributed by atoms with Gasteiger partial charge in [-0.25, -0.2) is 0 Å². The summed E-state index contributed by atoms with van der Waals surface area (Å²) in [5.74, 6) is 0.293. The van der Waals surface area contributed by atoms with Crippen molar-refractivity contribution in [2.75, 3.05) is 32.8 Å². The van der Waals surface area contributed by atoms with Crippen LogP contribution in [0.3, 0.4) is 0 Å². The molecule has 0 spiro atoms. The van der Waals surface area contributed by atoms with Crippen molar-refractivity contribution in [3.63, 3.8) is 0 Å². The van der Waals surface area contributed by atoms with Crippen molar-refractivity contribution >= 4 is 5.78 Å². The molecule has 0 aromatic rings. The van der Waals surface area contributed by atoms with Gasteiger partial charge in [-0.05, 0) is 13.8 Å². The molecule has 8 heteroatoms. The molecule has 23 heavy (non-hydrogen) atoms. The Hall–Kier alpha value is -0.610. The topological polar surface area (TPSA) is 127 Å². The minimum atomic E-state index is -1.61. The summed E-state index contributed by atoms with van der Waals surface area (Å²) in [5.41, 5.74) is -0.805. The van der Waals surface area contributed by atoms with E-state index in [0.29, 0.717) is 32.0 Å². The van der Waals surface area contributed by atoms with Gasteiger partial charge in [-0.2, -0.15) is 0 Å². The first-order valence-corrected chi connectivity index (χ1v) is 8.20. The molecule has 0 saturated carbocycles. The molecular formula is C15H28N2O6+2. The fraction of sp³-hybridized carbons (Fsp3) is 0.933. The highest BCUT2D eigenvalue weighted by Crippen LogP contribution is 2.34. The predicted octanol–water partition coefficient (Wildman–Crippen LogP) is -5.86. The Morgan fingerprint density at radius 1 is 1.00 bits per heavy atom. The molecule has 0 aromatic heterocycles. The number of ketones is 1. The molecule has 0 radical (unpaired) electrons. The summed E-state index contributed by atoms with van der Waals surface area (Å²) >= 11 is 0. The molecule has 4 saturated heterocycles. The van der Waals surface area contributed by atoms with Gasteiger partial charge in [0.15, 0.2) is 11.9 Å². The van der Waals surface area contributed by atoms with Crippen molar-refractivity contribution in [1.29, 1.82) is 0 Å². The number of quaternary nitrogens is 2. The van der Waals surface area contributed by atoms with E-state index in [4.69, 9.17) is 5.11 Å². The van der Waals surface area contributed by atoms with E-state index in [-0.39, 0.29) is 6.17 Å². The minimum Gasteiger partial charge on any atom is -0.394 e. The van der Waals surface area contributed by atoms with Gasteiger partial charge in [-0.3, -0.25) is 14.6 Å². The van der Waals surface area contributed by atoms with E-state index in [2.05, 4.69) is 0 Å². The van der Waals surface area contributed by atoms with Crippen LogP contribution in [0.4, 0.5) is 0 Å². The first-order valence-electron chi connectivity index (χ1n) is 8.20. The predicted molar refractivity (Wildman–Crippen MR) is 77.5 cm³/mol. The molecule has 4 fully saturated rings. The van der Waals surface area contributed by atoms with Gasteiger partial charge in [0.1, 0.15) is 29.1 Å². The Bertz CT molecular complexity index is 460. The summed E-state index contributed by atoms with van der Waals surface area (Å²) in [6, 6.07) is 0. The number of piperidine rings is 2. The molecular weight excluding hydrogens is 304 g/mol. The number of hydrogen-bond donors (Lipinski definition) is 7. The molecule has 0 unspecified atom stereocenters. The zero-order valence-electron chi connectivity index (χ0n) is 13.6. The maximum atomic E-state index is 12.6. The quantitative estimate of drug-likeness (QED) is 0.269. The average molecular weight is 332 g/mol. The van der Waals surface area contributed by atoms with Crippen LogP contribution in [-0.4, -0.2) is 94.7 Å². The lowest BCUT2D eigenvalue weighted by Gasteiger charge is -2.59. The Morgan fingerprint density at radius 3 is 1.83 bits per heavy atom. The van der Waals surface area contributed by atoms with Gasteiger partial charge >= 0.3 is 0 Å². The van der Waals surface area contributed by atoms with Gasteiger partial charge < -0.3 is 25.5 Å². The van der Waals surface area contributed by atoms with E-state index >= 15 is 0 Å². The first kappa shape index (κ1) is 17.2. The van der Waals surface area contributed by atoms with E-state index < -0.39 is 41.9 Å². The normalized spacial score (nSPS) is 47.4. The number of aliphatic hydroxyl groups is 5. The fourth-order valence-corrected chi connectivity index (χ4v) is 5.25. The molecule has 7 N–H and O–H groups in total. The van der Waals surface area contributed by atoms with Crippen LogP contribution in [0.1, 0.15) is 13.8 Å². The highest BCUT2D eigenvalue weighted by Gasteiger charge is 2.69. The van der Waals surface area contributed by atoms with Crippen LogP contribution in [0.2, 0.25) is 0 Å². The van der Waals surface area contributed by atoms with E-state index in [9.17, 15) is 25.2 Å². The number of carbonyl (C=O) groups is 1. The Morgan fingerprint density at radius 2 is 1.43 bits per heavy atom. The lowest BCUT2D eigenvalue weighted by atomic mass is 9.61. The van der Waals surface area contributed by atoms with Crippen LogP contribution >= 0.6 is 0 Å². The van der Waals surface area contributed by atoms with E-state index in [0.717, 1.165) is 9.80 Å². The second-order valence-electron chi connectivity index (χ2n) is 8.17. The van der Waals surface area contributed by atoms with E-state index in [1.807, 2.05) is 13.8 Å². The zero-order valence-corrected chi connectivity index (χ0v) is 13.6. The lowest BCUT2D eigenvalue weighted by molar-refractivity contribution is -1.17. The molecule has 4 rings (SSSR count). The third kappa shape index (κ3) is 2.44. The van der Waals surface area contributed by atoms with Gasteiger partial charge in [-0.1, -0.05) is 0 Å². The molecule has 0 amide bonds. The van der Waals surface area contributed by atoms with Gasteiger partial charge in [0, 0.05) is 0 Å². The third-order valence-electron chi connectivity index (χ3n) is 6.07. The monoisotopic (exact) mass is 332 g/mol. The lowest BCUT2D eigenvalue weighted by Crippen LogP contribution is -3.46. The highest BCUT2D eigenvalue weighted by atomic mass is 16.4. The SMILES string of the molecule is CC12C[NH+]3CC(C)(C[NH+](C1)C3[C@H](O)[C@@H](O)[C@@H](O)[C@H](O)CO)C2=O. The number of Topliss-reactive ketones (excluding diaryl/α,β-unsaturated/α-hetero) is 1. The van der Waals surface area contributed by atoms with Gasteiger partial charge in [0.05, 0.1) is 32.8 Å². The molecule has 132 valence electrons. The summed E-state index contributed by atoms with van der Waals surface area (Å²) in [5, 5.41) is 49.0. The largest absolute Gasteiger partial charge is 0.394 e. The molecule has 8 nitrogen and oxygen atoms in total. The number of rotatable bonds is 5. The van der Waals surface area contributed by atoms with Gasteiger partial charge in [0.25, 0.3) is 0 Å². The molecule has 4 aliphatic rings. The molecule has 0 aliphatic carbocycles. The van der Waals surface area contributed by atoms with Crippen LogP contribution in [0.5, 0.6) is 0 Å². The Balaban J connectivity index is 1.80. The smallest absolute Gasteiger partial charge is 0.242 e. The van der Waals surface area contributed by atoms with Crippen molar-refractivity contribution in [3.05, 3.63) is 0 Å². The molecule has 4 bridgehead atoms. The number of hydrogen-bond acceptors (Lipinski definition) is 6. The number of aliphatic hydroxyl groups excluding tert-OH is 5. The summed E-state index contributed by atoms with van der Waals surface area (Å²) < 4.78 is 0. The van der Waals surface area contributed by atoms with E-state index in [1.165, 1.54) is 0 Å². The van der Waals surface area contributed by atoms with Crippen LogP contribution in [0.15, 0.2) is 0 Å². The average Bonchev–Trinajstić information content (AvgIpc) is 2.48. The van der Waals surface area contributed by atoms with Gasteiger partial charge in [0.2, 0.25) is 6.17 Å². The highest BCUT2D eigenvalue weighted by molar-refractivity contribution is 5.91. The first-order chi connectivity index (χ1) is 10.6. The number of carbonyl (C=O) groups excluding carboxylic acids is 1. The van der Waals surface area contributed by atoms with Crippen LogP contribution < -0.4 is 9.80 Å². The minimum absolute atomic E-state index is 0.293. The zero-order chi connectivity index (χ0) is 17.2. The second kappa shape index (κ2) is 5.45. The van der Waals surface area contributed by atoms with Crippen molar-refractivity contribution < 1.29 is 40.1 Å². The Labute approximate surface area is 134 Å². The summed E-state index contributed by atoms with van der Waals surface area (Å²) in [6.07, 6.45) is -6.24. The standard InChI is InChI=1S/C15H26N2O6/c1-14-4-16-6-15(2,13(14)23)7-17(5-14)12(16)11(22)10(21)9(20)8(19)3-18/h8-12,18-22H,3-7H2,1-2H3/p+2/t8-,9+,10+,11-,12?,14?,15?/m1/s1. The van der Waals surface area contributed by atoms with Crippen molar-refractivity contribution in [1.82, 2.24) is 0 Å². The van der Waals surface area contributed by atoms with E-state index in [1.54, 1.807) is 0 Å². The van der Waals surface area contributed by atoms with Crippen molar-refractivity contribution in [3.8, 4) is 0 Å².